The molecule has 0 fully saturated rings. The number of halogens is 3. The molecule has 21 heavy (non-hydrogen) atoms. The Labute approximate surface area is 117 Å². The zero-order valence-electron chi connectivity index (χ0n) is 10.6. The summed E-state index contributed by atoms with van der Waals surface area (Å²) in [4.78, 5) is 2.92. The molecule has 0 bridgehead atoms. The molecular formula is C15H10F3NO2. The van der Waals surface area contributed by atoms with E-state index in [4.69, 9.17) is 0 Å². The van der Waals surface area contributed by atoms with E-state index in [0.29, 0.717) is 16.5 Å². The highest BCUT2D eigenvalue weighted by Gasteiger charge is 2.32. The average molecular weight is 293 g/mol. The van der Waals surface area contributed by atoms with Crippen molar-refractivity contribution in [2.24, 2.45) is 0 Å². The summed E-state index contributed by atoms with van der Waals surface area (Å²) >= 11 is 0. The highest BCUT2D eigenvalue weighted by Crippen LogP contribution is 2.37. The molecule has 0 aliphatic carbocycles. The zero-order valence-corrected chi connectivity index (χ0v) is 10.6. The zero-order chi connectivity index (χ0) is 15.0. The summed E-state index contributed by atoms with van der Waals surface area (Å²) in [5.74, 6) is -0.319. The average Bonchev–Trinajstić information content (AvgIpc) is 2.86. The predicted molar refractivity (Wildman–Crippen MR) is 72.1 cm³/mol. The number of para-hydroxylation sites is 1. The smallest absolute Gasteiger partial charge is 0.507 e. The number of H-pyrrole nitrogens is 1. The topological polar surface area (TPSA) is 45.2 Å². The van der Waals surface area contributed by atoms with Crippen molar-refractivity contribution in [2.75, 3.05) is 0 Å². The number of hydrogen-bond acceptors (Lipinski definition) is 2. The van der Waals surface area contributed by atoms with Gasteiger partial charge in [0, 0.05) is 22.7 Å². The first-order valence-corrected chi connectivity index (χ1v) is 6.09. The van der Waals surface area contributed by atoms with Crippen molar-refractivity contribution in [1.82, 2.24) is 4.98 Å². The Morgan fingerprint density at radius 3 is 2.57 bits per heavy atom. The highest BCUT2D eigenvalue weighted by atomic mass is 19.4. The lowest BCUT2D eigenvalue weighted by Gasteiger charge is -2.13. The van der Waals surface area contributed by atoms with E-state index in [-0.39, 0.29) is 17.1 Å². The monoisotopic (exact) mass is 293 g/mol. The lowest BCUT2D eigenvalue weighted by molar-refractivity contribution is -0.274. The van der Waals surface area contributed by atoms with Gasteiger partial charge in [-0.3, -0.25) is 0 Å². The first-order chi connectivity index (χ1) is 9.94. The number of fused-ring (bicyclic) bond motifs is 1. The molecular weight excluding hydrogens is 283 g/mol. The Bertz CT molecular complexity index is 793. The van der Waals surface area contributed by atoms with E-state index in [1.807, 2.05) is 0 Å². The molecule has 3 rings (SSSR count). The van der Waals surface area contributed by atoms with Crippen LogP contribution in [-0.2, 0) is 0 Å². The molecule has 0 amide bonds. The molecule has 1 aromatic heterocycles. The number of phenols is 1. The van der Waals surface area contributed by atoms with Crippen LogP contribution in [0.2, 0.25) is 0 Å². The van der Waals surface area contributed by atoms with Gasteiger partial charge in [0.05, 0.1) is 0 Å². The third-order valence-electron chi connectivity index (χ3n) is 3.07. The quantitative estimate of drug-likeness (QED) is 0.733. The molecule has 0 aliphatic heterocycles. The van der Waals surface area contributed by atoms with Gasteiger partial charge in [-0.1, -0.05) is 18.2 Å². The number of benzene rings is 2. The fourth-order valence-corrected chi connectivity index (χ4v) is 2.22. The Morgan fingerprint density at radius 2 is 1.81 bits per heavy atom. The largest absolute Gasteiger partial charge is 0.573 e. The van der Waals surface area contributed by atoms with Crippen LogP contribution in [0, 0.1) is 0 Å². The van der Waals surface area contributed by atoms with E-state index in [9.17, 15) is 18.3 Å². The van der Waals surface area contributed by atoms with Crippen molar-refractivity contribution in [1.29, 1.82) is 0 Å². The van der Waals surface area contributed by atoms with Crippen LogP contribution >= 0.6 is 0 Å². The summed E-state index contributed by atoms with van der Waals surface area (Å²) in [7, 11) is 0. The summed E-state index contributed by atoms with van der Waals surface area (Å²) in [5.41, 5.74) is 1.32. The molecule has 0 saturated heterocycles. The maximum atomic E-state index is 12.4. The van der Waals surface area contributed by atoms with E-state index in [1.54, 1.807) is 24.4 Å². The van der Waals surface area contributed by atoms with Crippen molar-refractivity contribution in [3.63, 3.8) is 0 Å². The third-order valence-corrected chi connectivity index (χ3v) is 3.07. The summed E-state index contributed by atoms with van der Waals surface area (Å²) in [6.45, 7) is 0. The predicted octanol–water partition coefficient (Wildman–Crippen LogP) is 4.44. The Balaban J connectivity index is 2.14. The number of phenolic OH excluding ortho intramolecular Hbond substituents is 1. The first-order valence-electron chi connectivity index (χ1n) is 6.09. The lowest BCUT2D eigenvalue weighted by atomic mass is 10.0. The summed E-state index contributed by atoms with van der Waals surface area (Å²) < 4.78 is 41.4. The SMILES string of the molecule is Oc1cc(-c2ccccc2OC(F)(F)F)cc2[nH]ccc12. The highest BCUT2D eigenvalue weighted by molar-refractivity contribution is 5.91. The van der Waals surface area contributed by atoms with Gasteiger partial charge in [-0.15, -0.1) is 13.2 Å². The maximum Gasteiger partial charge on any atom is 0.573 e. The van der Waals surface area contributed by atoms with Crippen molar-refractivity contribution in [2.45, 2.75) is 6.36 Å². The first kappa shape index (κ1) is 13.4. The van der Waals surface area contributed by atoms with Crippen LogP contribution in [0.1, 0.15) is 0 Å². The van der Waals surface area contributed by atoms with Gasteiger partial charge in [0.15, 0.2) is 0 Å². The molecule has 3 aromatic rings. The van der Waals surface area contributed by atoms with Gasteiger partial charge in [0.25, 0.3) is 0 Å². The van der Waals surface area contributed by atoms with E-state index < -0.39 is 6.36 Å². The fourth-order valence-electron chi connectivity index (χ4n) is 2.22. The van der Waals surface area contributed by atoms with Crippen LogP contribution in [0.5, 0.6) is 11.5 Å². The number of aromatic nitrogens is 1. The minimum atomic E-state index is -4.77. The van der Waals surface area contributed by atoms with Crippen LogP contribution in [0.15, 0.2) is 48.7 Å². The molecule has 0 saturated carbocycles. The van der Waals surface area contributed by atoms with Gasteiger partial charge >= 0.3 is 6.36 Å². The standard InChI is InChI=1S/C15H10F3NO2/c16-15(17,18)21-14-4-2-1-3-10(14)9-7-12-11(5-6-19-12)13(20)8-9/h1-8,19-20H. The van der Waals surface area contributed by atoms with Crippen LogP contribution in [0.25, 0.3) is 22.0 Å². The number of hydrogen-bond donors (Lipinski definition) is 2. The van der Waals surface area contributed by atoms with Crippen molar-refractivity contribution < 1.29 is 23.0 Å². The van der Waals surface area contributed by atoms with Crippen molar-refractivity contribution in [3.05, 3.63) is 48.7 Å². The van der Waals surface area contributed by atoms with Gasteiger partial charge in [0.2, 0.25) is 0 Å². The maximum absolute atomic E-state index is 12.4. The number of nitrogens with one attached hydrogen (secondary N) is 1. The molecule has 2 N–H and O–H groups in total. The number of rotatable bonds is 2. The van der Waals surface area contributed by atoms with Gasteiger partial charge in [0.1, 0.15) is 11.5 Å². The molecule has 0 spiro atoms. The molecule has 2 aromatic carbocycles. The van der Waals surface area contributed by atoms with Gasteiger partial charge < -0.3 is 14.8 Å². The van der Waals surface area contributed by atoms with E-state index in [0.717, 1.165) is 0 Å². The van der Waals surface area contributed by atoms with Gasteiger partial charge in [-0.25, -0.2) is 0 Å². The molecule has 0 atom stereocenters. The minimum Gasteiger partial charge on any atom is -0.507 e. The lowest BCUT2D eigenvalue weighted by Crippen LogP contribution is -2.17. The van der Waals surface area contributed by atoms with E-state index in [2.05, 4.69) is 9.72 Å². The number of alkyl halides is 3. The van der Waals surface area contributed by atoms with Crippen LogP contribution in [0.3, 0.4) is 0 Å². The second-order valence-corrected chi connectivity index (χ2v) is 4.48. The molecule has 1 heterocycles. The molecule has 0 radical (unpaired) electrons. The van der Waals surface area contributed by atoms with E-state index >= 15 is 0 Å². The van der Waals surface area contributed by atoms with Crippen molar-refractivity contribution >= 4 is 10.9 Å². The minimum absolute atomic E-state index is 0.00874. The molecule has 0 aliphatic rings. The Hall–Kier alpha value is -2.63. The summed E-state index contributed by atoms with van der Waals surface area (Å²) in [6.07, 6.45) is -3.12. The second-order valence-electron chi connectivity index (χ2n) is 4.48. The number of ether oxygens (including phenoxy) is 1. The van der Waals surface area contributed by atoms with E-state index in [1.165, 1.54) is 24.3 Å². The van der Waals surface area contributed by atoms with Crippen LogP contribution in [-0.4, -0.2) is 16.5 Å². The van der Waals surface area contributed by atoms with Crippen molar-refractivity contribution in [3.8, 4) is 22.6 Å². The Kier molecular flexibility index (Phi) is 3.01. The summed E-state index contributed by atoms with van der Waals surface area (Å²) in [5, 5.41) is 10.5. The molecule has 3 nitrogen and oxygen atoms in total. The molecule has 0 unspecified atom stereocenters. The van der Waals surface area contributed by atoms with Crippen LogP contribution in [0.4, 0.5) is 13.2 Å². The third kappa shape index (κ3) is 2.65. The normalized spacial score (nSPS) is 11.8. The van der Waals surface area contributed by atoms with Gasteiger partial charge in [-0.2, -0.15) is 0 Å². The Morgan fingerprint density at radius 1 is 1.05 bits per heavy atom. The summed E-state index contributed by atoms with van der Waals surface area (Å²) in [6, 6.07) is 10.6. The van der Waals surface area contributed by atoms with Gasteiger partial charge in [-0.05, 0) is 29.8 Å². The second kappa shape index (κ2) is 4.73. The molecule has 108 valence electrons. The number of aromatic hydroxyl groups is 1. The van der Waals surface area contributed by atoms with Crippen LogP contribution < -0.4 is 4.74 Å². The molecule has 6 heteroatoms. The fraction of sp³-hybridized carbons (Fsp3) is 0.0667. The number of aromatic amines is 1.